The minimum absolute atomic E-state index is 0.112. The predicted octanol–water partition coefficient (Wildman–Crippen LogP) is 5.65. The predicted molar refractivity (Wildman–Crippen MR) is 159 cm³/mol. The lowest BCUT2D eigenvalue weighted by Gasteiger charge is -2.49. The Morgan fingerprint density at radius 3 is 2.30 bits per heavy atom. The highest BCUT2D eigenvalue weighted by atomic mass is 32.2. The molecule has 0 saturated heterocycles. The zero-order chi connectivity index (χ0) is 28.2. The number of hydrogen-bond acceptors (Lipinski definition) is 10. The second kappa shape index (κ2) is 20.8. The maximum atomic E-state index is 12.3. The summed E-state index contributed by atoms with van der Waals surface area (Å²) in [6.07, 6.45) is 4.19. The van der Waals surface area contributed by atoms with Crippen LogP contribution in [0.5, 0.6) is 0 Å². The van der Waals surface area contributed by atoms with Crippen molar-refractivity contribution < 1.29 is 36.8 Å². The molecule has 0 aromatic carbocycles. The second-order valence-electron chi connectivity index (χ2n) is 9.49. The van der Waals surface area contributed by atoms with E-state index in [1.807, 2.05) is 20.8 Å². The van der Waals surface area contributed by atoms with E-state index >= 15 is 0 Å². The first-order valence-corrected chi connectivity index (χ1v) is 18.9. The number of rotatable bonds is 23. The summed E-state index contributed by atoms with van der Waals surface area (Å²) in [5.74, 6) is 1.53. The van der Waals surface area contributed by atoms with Crippen LogP contribution in [0.15, 0.2) is 0 Å². The first-order chi connectivity index (χ1) is 17.6. The Hall–Kier alpha value is -0.0862. The molecule has 3 unspecified atom stereocenters. The van der Waals surface area contributed by atoms with Gasteiger partial charge in [0.2, 0.25) is 0 Å². The van der Waals surface area contributed by atoms with Crippen LogP contribution in [-0.2, 0) is 32.0 Å². The van der Waals surface area contributed by atoms with Gasteiger partial charge in [0.1, 0.15) is 6.61 Å². The molecule has 0 aliphatic rings. The quantitative estimate of drug-likeness (QED) is 0.0691. The van der Waals surface area contributed by atoms with Gasteiger partial charge in [-0.15, -0.1) is 0 Å². The van der Waals surface area contributed by atoms with Crippen molar-refractivity contribution in [3.8, 4) is 0 Å². The van der Waals surface area contributed by atoms with Crippen LogP contribution >= 0.6 is 24.4 Å². The molecule has 0 spiro atoms. The monoisotopic (exact) mass is 600 g/mol. The van der Waals surface area contributed by atoms with Crippen LogP contribution in [-0.4, -0.2) is 80.0 Å². The number of carbonyl (C=O) groups excluding carboxylic acids is 2. The molecule has 220 valence electrons. The number of thioether (sulfide) groups is 1. The van der Waals surface area contributed by atoms with Gasteiger partial charge in [0.15, 0.2) is 5.12 Å². The van der Waals surface area contributed by atoms with E-state index in [1.165, 1.54) is 11.8 Å². The van der Waals surface area contributed by atoms with E-state index in [9.17, 15) is 9.59 Å². The summed E-state index contributed by atoms with van der Waals surface area (Å²) in [5.41, 5.74) is -1.26. The first-order valence-electron chi connectivity index (χ1n) is 13.6. The Balaban J connectivity index is 5.97. The molecule has 8 nitrogen and oxygen atoms in total. The lowest BCUT2D eigenvalue weighted by molar-refractivity contribution is -0.124. The van der Waals surface area contributed by atoms with Crippen molar-refractivity contribution in [1.29, 1.82) is 0 Å². The van der Waals surface area contributed by atoms with Crippen LogP contribution < -0.4 is 0 Å². The highest BCUT2D eigenvalue weighted by molar-refractivity contribution is 8.13. The van der Waals surface area contributed by atoms with Gasteiger partial charge in [-0.1, -0.05) is 25.6 Å². The Morgan fingerprint density at radius 2 is 1.73 bits per heavy atom. The molecule has 0 aromatic rings. The molecule has 0 fully saturated rings. The molecule has 0 aliphatic carbocycles. The summed E-state index contributed by atoms with van der Waals surface area (Å²) in [6.45, 7) is 15.6. The van der Waals surface area contributed by atoms with Crippen molar-refractivity contribution in [2.75, 3.05) is 44.5 Å². The summed E-state index contributed by atoms with van der Waals surface area (Å²) in [6, 6.07) is 0.769. The van der Waals surface area contributed by atoms with Gasteiger partial charge in [0.05, 0.1) is 17.6 Å². The molecule has 0 saturated carbocycles. The molecule has 37 heavy (non-hydrogen) atoms. The molecule has 0 aromatic heterocycles. The topological polar surface area (TPSA) is 89.5 Å². The van der Waals surface area contributed by atoms with Gasteiger partial charge < -0.3 is 27.2 Å². The third kappa shape index (κ3) is 14.8. The smallest absolute Gasteiger partial charge is 0.434 e. The molecule has 0 rings (SSSR count). The third-order valence-corrected chi connectivity index (χ3v) is 12.1. The van der Waals surface area contributed by atoms with Gasteiger partial charge >= 0.3 is 24.7 Å². The molecular weight excluding hydrogens is 549 g/mol. The fourth-order valence-corrected chi connectivity index (χ4v) is 8.46. The zero-order valence-corrected chi connectivity index (χ0v) is 28.4. The van der Waals surface area contributed by atoms with Gasteiger partial charge in [-0.3, -0.25) is 4.79 Å². The third-order valence-electron chi connectivity index (χ3n) is 6.60. The van der Waals surface area contributed by atoms with Gasteiger partial charge in [0.25, 0.3) is 0 Å². The number of unbranched alkanes of at least 4 members (excludes halogenated alkanes) is 1. The number of carbonyl (C=O) groups is 2. The van der Waals surface area contributed by atoms with Crippen molar-refractivity contribution in [3.05, 3.63) is 0 Å². The summed E-state index contributed by atoms with van der Waals surface area (Å²) in [5, 5.41) is 0.116. The summed E-state index contributed by atoms with van der Waals surface area (Å²) in [7, 11) is -3.82. The molecule has 12 heteroatoms. The van der Waals surface area contributed by atoms with E-state index in [1.54, 1.807) is 6.92 Å². The fraction of sp³-hybridized carbons (Fsp3) is 0.920. The minimum Gasteiger partial charge on any atom is -0.434 e. The molecule has 0 N–H and O–H groups in total. The Morgan fingerprint density at radius 1 is 1.00 bits per heavy atom. The Bertz CT molecular complexity index is 621. The van der Waals surface area contributed by atoms with Gasteiger partial charge in [-0.2, -0.15) is 12.6 Å². The summed E-state index contributed by atoms with van der Waals surface area (Å²) < 4.78 is 36.0. The summed E-state index contributed by atoms with van der Waals surface area (Å²) >= 11 is 5.71. The highest BCUT2D eigenvalue weighted by Crippen LogP contribution is 2.43. The fourth-order valence-electron chi connectivity index (χ4n) is 4.06. The molecule has 0 amide bonds. The van der Waals surface area contributed by atoms with Gasteiger partial charge in [-0.25, -0.2) is 4.79 Å². The Kier molecular flexibility index (Phi) is 20.7. The largest absolute Gasteiger partial charge is 0.508 e. The van der Waals surface area contributed by atoms with Crippen LogP contribution in [0, 0.1) is 5.41 Å². The maximum absolute atomic E-state index is 12.3. The van der Waals surface area contributed by atoms with Crippen LogP contribution in [0.25, 0.3) is 0 Å². The van der Waals surface area contributed by atoms with Crippen molar-refractivity contribution in [3.63, 3.8) is 0 Å². The van der Waals surface area contributed by atoms with E-state index in [0.717, 1.165) is 49.7 Å². The summed E-state index contributed by atoms with van der Waals surface area (Å²) in [4.78, 5) is 23.7. The minimum atomic E-state index is -2.56. The number of thiol groups is 1. The van der Waals surface area contributed by atoms with E-state index in [2.05, 4.69) is 33.0 Å². The lowest BCUT2D eigenvalue weighted by Crippen LogP contribution is -2.56. The van der Waals surface area contributed by atoms with Crippen LogP contribution in [0.3, 0.4) is 0 Å². The lowest BCUT2D eigenvalue weighted by atomic mass is 9.69. The standard InChI is InChI=1S/C25H52O8S2Si2/c1-8-16-28-23(27)29-20-25(9-2,24(6,15-12-13-17-34)33-36-30-10-3)21-32-37(7,31-11-4)19-14-18-35-22(5)26/h34H,8-21,36H2,1-7H3. The normalized spacial score (nSPS) is 16.8. The van der Waals surface area contributed by atoms with Gasteiger partial charge in [0, 0.05) is 32.5 Å². The second-order valence-corrected chi connectivity index (χ2v) is 15.5. The molecule has 3 atom stereocenters. The van der Waals surface area contributed by atoms with E-state index in [4.69, 9.17) is 27.2 Å². The van der Waals surface area contributed by atoms with Crippen molar-refractivity contribution in [2.45, 2.75) is 98.3 Å². The van der Waals surface area contributed by atoms with Crippen molar-refractivity contribution in [2.24, 2.45) is 5.41 Å². The first kappa shape index (κ1) is 36.9. The van der Waals surface area contributed by atoms with E-state index in [-0.39, 0.29) is 11.7 Å². The Labute approximate surface area is 238 Å². The molecule has 0 radical (unpaired) electrons. The van der Waals surface area contributed by atoms with Crippen molar-refractivity contribution >= 4 is 54.2 Å². The number of hydrogen-bond donors (Lipinski definition) is 1. The van der Waals surface area contributed by atoms with Crippen LogP contribution in [0.4, 0.5) is 4.79 Å². The number of ether oxygens (including phenoxy) is 2. The molecule has 0 heterocycles. The van der Waals surface area contributed by atoms with Crippen LogP contribution in [0.1, 0.15) is 80.1 Å². The van der Waals surface area contributed by atoms with Crippen LogP contribution in [0.2, 0.25) is 12.6 Å². The highest BCUT2D eigenvalue weighted by Gasteiger charge is 2.50. The average Bonchev–Trinajstić information content (AvgIpc) is 2.86. The van der Waals surface area contributed by atoms with E-state index < -0.39 is 35.7 Å². The van der Waals surface area contributed by atoms with Gasteiger partial charge in [-0.05, 0) is 77.6 Å². The SMILES string of the molecule is CCCOC(=O)OCC(CC)(CO[Si](C)(CCCSC(C)=O)OCC)C(C)(CCCCS)O[SiH2]OCC. The molecule has 0 aliphatic heterocycles. The molecular formula is C25H52O8S2Si2. The van der Waals surface area contributed by atoms with Crippen molar-refractivity contribution in [1.82, 2.24) is 0 Å². The molecule has 0 bridgehead atoms. The zero-order valence-electron chi connectivity index (χ0n) is 24.2. The van der Waals surface area contributed by atoms with E-state index in [0.29, 0.717) is 32.8 Å². The average molecular weight is 601 g/mol. The maximum Gasteiger partial charge on any atom is 0.508 e.